The second-order valence-corrected chi connectivity index (χ2v) is 7.00. The Bertz CT molecular complexity index is 809. The van der Waals surface area contributed by atoms with E-state index in [4.69, 9.17) is 16.3 Å². The van der Waals surface area contributed by atoms with Crippen molar-refractivity contribution < 1.29 is 14.3 Å². The average Bonchev–Trinajstić information content (AvgIpc) is 2.78. The Morgan fingerprint density at radius 1 is 1.24 bits per heavy atom. The molecule has 134 valence electrons. The molecule has 0 atom stereocenters. The minimum atomic E-state index is -0.629. The van der Waals surface area contributed by atoms with Crippen LogP contribution in [0, 0.1) is 26.7 Å². The molecule has 25 heavy (non-hydrogen) atoms. The van der Waals surface area contributed by atoms with Gasteiger partial charge in [-0.15, -0.1) is 0 Å². The molecule has 0 aliphatic carbocycles. The molecule has 0 bridgehead atoms. The van der Waals surface area contributed by atoms with E-state index in [1.807, 2.05) is 39.8 Å². The summed E-state index contributed by atoms with van der Waals surface area (Å²) in [6.45, 7) is 9.87. The molecule has 0 fully saturated rings. The van der Waals surface area contributed by atoms with Crippen LogP contribution >= 0.6 is 11.6 Å². The highest BCUT2D eigenvalue weighted by molar-refractivity contribution is 6.32. The maximum atomic E-state index is 12.3. The molecule has 5 nitrogen and oxygen atoms in total. The fourth-order valence-corrected chi connectivity index (χ4v) is 2.98. The van der Waals surface area contributed by atoms with E-state index in [1.54, 1.807) is 17.7 Å². The highest BCUT2D eigenvalue weighted by atomic mass is 35.5. The van der Waals surface area contributed by atoms with Crippen LogP contribution in [-0.2, 0) is 11.3 Å². The standard InChI is InChI=1S/C19H23ClN2O3/c1-11(2)9-22-18(20)17(14(5)21-22)19(24)25-10-16(23)15-7-6-12(3)8-13(15)4/h6-8,11H,9-10H2,1-5H3. The van der Waals surface area contributed by atoms with E-state index >= 15 is 0 Å². The van der Waals surface area contributed by atoms with Crippen LogP contribution in [-0.4, -0.2) is 28.1 Å². The molecule has 1 aromatic heterocycles. The van der Waals surface area contributed by atoms with Gasteiger partial charge in [0.15, 0.2) is 6.61 Å². The number of esters is 1. The zero-order valence-electron chi connectivity index (χ0n) is 15.2. The topological polar surface area (TPSA) is 61.2 Å². The molecule has 0 saturated carbocycles. The fourth-order valence-electron chi connectivity index (χ4n) is 2.66. The Morgan fingerprint density at radius 2 is 1.92 bits per heavy atom. The summed E-state index contributed by atoms with van der Waals surface area (Å²) in [6.07, 6.45) is 0. The van der Waals surface area contributed by atoms with Crippen molar-refractivity contribution in [1.29, 1.82) is 0 Å². The highest BCUT2D eigenvalue weighted by Crippen LogP contribution is 2.22. The summed E-state index contributed by atoms with van der Waals surface area (Å²) in [5.41, 5.74) is 3.20. The number of aromatic nitrogens is 2. The number of Topliss-reactive ketones (excluding diaryl/α,β-unsaturated/α-hetero) is 1. The molecular weight excluding hydrogens is 340 g/mol. The van der Waals surface area contributed by atoms with Gasteiger partial charge in [0.1, 0.15) is 10.7 Å². The summed E-state index contributed by atoms with van der Waals surface area (Å²) in [5, 5.41) is 4.52. The van der Waals surface area contributed by atoms with E-state index in [0.29, 0.717) is 23.7 Å². The monoisotopic (exact) mass is 362 g/mol. The van der Waals surface area contributed by atoms with Gasteiger partial charge in [-0.2, -0.15) is 5.10 Å². The zero-order chi connectivity index (χ0) is 18.7. The third-order valence-electron chi connectivity index (χ3n) is 3.82. The van der Waals surface area contributed by atoms with Crippen molar-refractivity contribution in [2.75, 3.05) is 6.61 Å². The third kappa shape index (κ3) is 4.48. The summed E-state index contributed by atoms with van der Waals surface area (Å²) in [4.78, 5) is 24.7. The number of carbonyl (C=O) groups is 2. The number of aryl methyl sites for hydroxylation is 3. The second kappa shape index (κ2) is 7.83. The molecule has 1 aromatic carbocycles. The van der Waals surface area contributed by atoms with Crippen molar-refractivity contribution >= 4 is 23.4 Å². The van der Waals surface area contributed by atoms with Gasteiger partial charge in [0.25, 0.3) is 0 Å². The quantitative estimate of drug-likeness (QED) is 0.572. The van der Waals surface area contributed by atoms with Crippen molar-refractivity contribution in [2.45, 2.75) is 41.2 Å². The van der Waals surface area contributed by atoms with Gasteiger partial charge in [-0.1, -0.05) is 49.2 Å². The lowest BCUT2D eigenvalue weighted by Gasteiger charge is -2.08. The number of hydrogen-bond acceptors (Lipinski definition) is 4. The number of ether oxygens (including phenoxy) is 1. The minimum Gasteiger partial charge on any atom is -0.454 e. The van der Waals surface area contributed by atoms with Gasteiger partial charge in [-0.25, -0.2) is 4.79 Å². The smallest absolute Gasteiger partial charge is 0.343 e. The first-order valence-electron chi connectivity index (χ1n) is 8.21. The van der Waals surface area contributed by atoms with E-state index in [9.17, 15) is 9.59 Å². The number of benzene rings is 1. The van der Waals surface area contributed by atoms with Gasteiger partial charge in [0, 0.05) is 12.1 Å². The molecule has 0 amide bonds. The summed E-state index contributed by atoms with van der Waals surface area (Å²) >= 11 is 6.26. The number of rotatable bonds is 6. The Balaban J connectivity index is 2.10. The Labute approximate surface area is 152 Å². The number of carbonyl (C=O) groups excluding carboxylic acids is 2. The first-order valence-corrected chi connectivity index (χ1v) is 8.59. The van der Waals surface area contributed by atoms with Gasteiger partial charge in [-0.05, 0) is 32.3 Å². The van der Waals surface area contributed by atoms with E-state index in [2.05, 4.69) is 5.10 Å². The van der Waals surface area contributed by atoms with Crippen LogP contribution in [0.4, 0.5) is 0 Å². The second-order valence-electron chi connectivity index (χ2n) is 6.64. The number of hydrogen-bond donors (Lipinski definition) is 0. The molecule has 0 radical (unpaired) electrons. The van der Waals surface area contributed by atoms with Crippen LogP contribution in [0.3, 0.4) is 0 Å². The molecule has 2 rings (SSSR count). The van der Waals surface area contributed by atoms with Crippen LogP contribution in [0.2, 0.25) is 5.15 Å². The Morgan fingerprint density at radius 3 is 2.52 bits per heavy atom. The van der Waals surface area contributed by atoms with Crippen molar-refractivity contribution in [3.05, 3.63) is 51.3 Å². The largest absolute Gasteiger partial charge is 0.454 e. The van der Waals surface area contributed by atoms with E-state index in [1.165, 1.54) is 0 Å². The average molecular weight is 363 g/mol. The molecule has 0 N–H and O–H groups in total. The lowest BCUT2D eigenvalue weighted by molar-refractivity contribution is 0.0474. The number of ketones is 1. The minimum absolute atomic E-state index is 0.218. The van der Waals surface area contributed by atoms with Crippen molar-refractivity contribution in [3.63, 3.8) is 0 Å². The summed E-state index contributed by atoms with van der Waals surface area (Å²) in [6, 6.07) is 5.53. The van der Waals surface area contributed by atoms with Crippen molar-refractivity contribution in [1.82, 2.24) is 9.78 Å². The third-order valence-corrected chi connectivity index (χ3v) is 4.21. The predicted octanol–water partition coefficient (Wildman–Crippen LogP) is 4.16. The summed E-state index contributed by atoms with van der Waals surface area (Å²) in [7, 11) is 0. The van der Waals surface area contributed by atoms with Gasteiger partial charge in [0.2, 0.25) is 5.78 Å². The van der Waals surface area contributed by atoms with Gasteiger partial charge in [-0.3, -0.25) is 9.48 Å². The number of nitrogens with zero attached hydrogens (tertiary/aromatic N) is 2. The summed E-state index contributed by atoms with van der Waals surface area (Å²) in [5.74, 6) is -0.531. The van der Waals surface area contributed by atoms with Crippen LogP contribution in [0.5, 0.6) is 0 Å². The van der Waals surface area contributed by atoms with E-state index in [-0.39, 0.29) is 23.1 Å². The van der Waals surface area contributed by atoms with Crippen molar-refractivity contribution in [3.8, 4) is 0 Å². The van der Waals surface area contributed by atoms with Gasteiger partial charge in [0.05, 0.1) is 5.69 Å². The van der Waals surface area contributed by atoms with Crippen LogP contribution in [0.1, 0.15) is 51.4 Å². The lowest BCUT2D eigenvalue weighted by atomic mass is 10.0. The predicted molar refractivity (Wildman–Crippen MR) is 97.3 cm³/mol. The van der Waals surface area contributed by atoms with Crippen molar-refractivity contribution in [2.24, 2.45) is 5.92 Å². The maximum Gasteiger partial charge on any atom is 0.343 e. The molecular formula is C19H23ClN2O3. The molecule has 0 saturated heterocycles. The van der Waals surface area contributed by atoms with Gasteiger partial charge < -0.3 is 4.74 Å². The molecule has 0 aliphatic heterocycles. The summed E-state index contributed by atoms with van der Waals surface area (Å²) < 4.78 is 6.77. The van der Waals surface area contributed by atoms with E-state index in [0.717, 1.165) is 11.1 Å². The van der Waals surface area contributed by atoms with Crippen LogP contribution < -0.4 is 0 Å². The Kier molecular flexibility index (Phi) is 6.01. The Hall–Kier alpha value is -2.14. The zero-order valence-corrected chi connectivity index (χ0v) is 16.0. The molecule has 0 unspecified atom stereocenters. The fraction of sp³-hybridized carbons (Fsp3) is 0.421. The first kappa shape index (κ1) is 19.2. The van der Waals surface area contributed by atoms with E-state index < -0.39 is 5.97 Å². The first-order chi connectivity index (χ1) is 11.7. The number of halogens is 1. The normalized spacial score (nSPS) is 11.0. The molecule has 6 heteroatoms. The SMILES string of the molecule is Cc1ccc(C(=O)COC(=O)c2c(C)nn(CC(C)C)c2Cl)c(C)c1. The molecule has 2 aromatic rings. The highest BCUT2D eigenvalue weighted by Gasteiger charge is 2.23. The molecule has 0 spiro atoms. The van der Waals surface area contributed by atoms with Crippen LogP contribution in [0.25, 0.3) is 0 Å². The van der Waals surface area contributed by atoms with Gasteiger partial charge >= 0.3 is 5.97 Å². The van der Waals surface area contributed by atoms with Crippen LogP contribution in [0.15, 0.2) is 18.2 Å². The molecule has 0 aliphatic rings. The lowest BCUT2D eigenvalue weighted by Crippen LogP contribution is -2.16. The molecule has 1 heterocycles. The maximum absolute atomic E-state index is 12.3.